The average Bonchev–Trinajstić information content (AvgIpc) is 2.39. The van der Waals surface area contributed by atoms with Crippen molar-refractivity contribution in [3.63, 3.8) is 0 Å². The molecule has 0 fully saturated rings. The Bertz CT molecular complexity index is 569. The van der Waals surface area contributed by atoms with Crippen LogP contribution in [0.3, 0.4) is 0 Å². The molecular weight excluding hydrogens is 280 g/mol. The van der Waals surface area contributed by atoms with E-state index in [9.17, 15) is 24.9 Å². The van der Waals surface area contributed by atoms with Gasteiger partial charge < -0.3 is 25.0 Å². The largest absolute Gasteiger partial charge is 0.503 e. The van der Waals surface area contributed by atoms with Gasteiger partial charge in [-0.1, -0.05) is 0 Å². The minimum atomic E-state index is -1.30. The maximum atomic E-state index is 11.7. The Morgan fingerprint density at radius 2 is 2.05 bits per heavy atom. The third-order valence-electron chi connectivity index (χ3n) is 3.19. The molecule has 1 atom stereocenters. The molecule has 4 N–H and O–H groups in total. The number of aliphatic carboxylic acids is 1. The summed E-state index contributed by atoms with van der Waals surface area (Å²) in [5, 5.41) is 37.3. The normalized spacial score (nSPS) is 12.6. The van der Waals surface area contributed by atoms with E-state index in [0.717, 1.165) is 6.07 Å². The van der Waals surface area contributed by atoms with E-state index < -0.39 is 29.8 Å². The molecule has 1 heterocycles. The topological polar surface area (TPSA) is 123 Å². The Morgan fingerprint density at radius 3 is 2.52 bits per heavy atom. The molecule has 0 aromatic carbocycles. The zero-order chi connectivity index (χ0) is 16.2. The number of aromatic hydroxyl groups is 1. The second kappa shape index (κ2) is 7.21. The number of pyridine rings is 1. The van der Waals surface area contributed by atoms with E-state index in [-0.39, 0.29) is 18.8 Å². The number of aliphatic hydroxyl groups is 2. The van der Waals surface area contributed by atoms with Gasteiger partial charge >= 0.3 is 5.97 Å². The summed E-state index contributed by atoms with van der Waals surface area (Å²) in [6.07, 6.45) is 0. The molecule has 0 aliphatic heterocycles. The molecule has 1 aromatic rings. The van der Waals surface area contributed by atoms with E-state index in [1.807, 2.05) is 0 Å². The van der Waals surface area contributed by atoms with Crippen LogP contribution >= 0.6 is 0 Å². The standard InChI is InChI=1S/C13H20N2O6/c1-8-5-11(18)12(19)9(6-14(2)3-4-16)15(8)10(7-17)13(20)21/h5,10,16-17,19H,3-4,6-7H2,1-2H3,(H,20,21). The number of aliphatic hydroxyl groups excluding tert-OH is 2. The Labute approximate surface area is 121 Å². The van der Waals surface area contributed by atoms with Crippen LogP contribution in [0, 0.1) is 6.92 Å². The SMILES string of the molecule is Cc1cc(=O)c(O)c(CN(C)CCO)n1C(CO)C(=O)O. The van der Waals surface area contributed by atoms with E-state index in [1.165, 1.54) is 11.5 Å². The lowest BCUT2D eigenvalue weighted by Gasteiger charge is -2.25. The number of hydrogen-bond donors (Lipinski definition) is 4. The van der Waals surface area contributed by atoms with E-state index in [1.54, 1.807) is 11.9 Å². The molecule has 0 saturated carbocycles. The van der Waals surface area contributed by atoms with Crippen LogP contribution in [0.1, 0.15) is 17.4 Å². The summed E-state index contributed by atoms with van der Waals surface area (Å²) in [6, 6.07) is -0.176. The average molecular weight is 300 g/mol. The van der Waals surface area contributed by atoms with Gasteiger partial charge in [-0.25, -0.2) is 4.79 Å². The number of carbonyl (C=O) groups is 1. The van der Waals surface area contributed by atoms with Gasteiger partial charge in [-0.05, 0) is 14.0 Å². The van der Waals surface area contributed by atoms with Crippen LogP contribution in [-0.4, -0.2) is 62.7 Å². The molecule has 8 heteroatoms. The summed E-state index contributed by atoms with van der Waals surface area (Å²) >= 11 is 0. The molecule has 21 heavy (non-hydrogen) atoms. The van der Waals surface area contributed by atoms with E-state index in [4.69, 9.17) is 5.11 Å². The number of nitrogens with zero attached hydrogens (tertiary/aromatic N) is 2. The molecule has 118 valence electrons. The Hall–Kier alpha value is -1.90. The van der Waals surface area contributed by atoms with Gasteiger partial charge in [-0.2, -0.15) is 0 Å². The van der Waals surface area contributed by atoms with Crippen LogP contribution in [0.15, 0.2) is 10.9 Å². The number of aryl methyl sites for hydroxylation is 1. The van der Waals surface area contributed by atoms with Crippen molar-refractivity contribution in [3.05, 3.63) is 27.7 Å². The first-order valence-corrected chi connectivity index (χ1v) is 6.40. The molecule has 1 unspecified atom stereocenters. The monoisotopic (exact) mass is 300 g/mol. The summed E-state index contributed by atoms with van der Waals surface area (Å²) in [5.41, 5.74) is -0.192. The van der Waals surface area contributed by atoms with Gasteiger partial charge in [0.05, 0.1) is 18.9 Å². The van der Waals surface area contributed by atoms with Gasteiger partial charge in [-0.3, -0.25) is 9.69 Å². The third kappa shape index (κ3) is 3.81. The van der Waals surface area contributed by atoms with Crippen LogP contribution in [0.5, 0.6) is 5.75 Å². The lowest BCUT2D eigenvalue weighted by Crippen LogP contribution is -2.32. The zero-order valence-corrected chi connectivity index (χ0v) is 12.0. The Balaban J connectivity index is 3.43. The van der Waals surface area contributed by atoms with Gasteiger partial charge in [0.2, 0.25) is 5.43 Å². The minimum Gasteiger partial charge on any atom is -0.503 e. The van der Waals surface area contributed by atoms with Gasteiger partial charge in [0, 0.05) is 24.8 Å². The highest BCUT2D eigenvalue weighted by Crippen LogP contribution is 2.21. The minimum absolute atomic E-state index is 0.0626. The van der Waals surface area contributed by atoms with Crippen molar-refractivity contribution < 1.29 is 25.2 Å². The van der Waals surface area contributed by atoms with E-state index in [0.29, 0.717) is 12.2 Å². The highest BCUT2D eigenvalue weighted by molar-refractivity contribution is 5.72. The predicted octanol–water partition coefficient (Wildman–Crippen LogP) is -1.10. The van der Waals surface area contributed by atoms with E-state index in [2.05, 4.69) is 0 Å². The molecule has 1 rings (SSSR count). The summed E-state index contributed by atoms with van der Waals surface area (Å²) in [7, 11) is 1.65. The first-order valence-electron chi connectivity index (χ1n) is 6.40. The van der Waals surface area contributed by atoms with Crippen LogP contribution in [-0.2, 0) is 11.3 Å². The van der Waals surface area contributed by atoms with Crippen molar-refractivity contribution in [3.8, 4) is 5.75 Å². The maximum Gasteiger partial charge on any atom is 0.329 e. The first-order chi connectivity index (χ1) is 9.83. The summed E-state index contributed by atoms with van der Waals surface area (Å²) in [6.45, 7) is 1.10. The third-order valence-corrected chi connectivity index (χ3v) is 3.19. The summed E-state index contributed by atoms with van der Waals surface area (Å²) in [4.78, 5) is 24.6. The molecular formula is C13H20N2O6. The molecule has 1 aromatic heterocycles. The van der Waals surface area contributed by atoms with Gasteiger partial charge in [0.15, 0.2) is 11.8 Å². The maximum absolute atomic E-state index is 11.7. The van der Waals surface area contributed by atoms with Crippen LogP contribution in [0.2, 0.25) is 0 Å². The molecule has 0 aliphatic rings. The highest BCUT2D eigenvalue weighted by atomic mass is 16.4. The quantitative estimate of drug-likeness (QED) is 0.504. The number of carboxylic acid groups (broad SMARTS) is 1. The zero-order valence-electron chi connectivity index (χ0n) is 12.0. The fourth-order valence-corrected chi connectivity index (χ4v) is 2.16. The second-order valence-corrected chi connectivity index (χ2v) is 4.81. The van der Waals surface area contributed by atoms with Crippen molar-refractivity contribution in [1.29, 1.82) is 0 Å². The number of carboxylic acids is 1. The lowest BCUT2D eigenvalue weighted by atomic mass is 10.2. The number of rotatable bonds is 7. The van der Waals surface area contributed by atoms with Crippen molar-refractivity contribution in [2.75, 3.05) is 26.8 Å². The Kier molecular flexibility index (Phi) is 5.89. The lowest BCUT2D eigenvalue weighted by molar-refractivity contribution is -0.142. The van der Waals surface area contributed by atoms with Crippen molar-refractivity contribution in [2.24, 2.45) is 0 Å². The molecule has 0 saturated heterocycles. The van der Waals surface area contributed by atoms with Crippen molar-refractivity contribution >= 4 is 5.97 Å². The molecule has 0 aliphatic carbocycles. The fourth-order valence-electron chi connectivity index (χ4n) is 2.16. The highest BCUT2D eigenvalue weighted by Gasteiger charge is 2.25. The number of hydrogen-bond acceptors (Lipinski definition) is 6. The van der Waals surface area contributed by atoms with Gasteiger partial charge in [-0.15, -0.1) is 0 Å². The number of likely N-dealkylation sites (N-methyl/N-ethyl adjacent to an activating group) is 1. The molecule has 0 radical (unpaired) electrons. The van der Waals surface area contributed by atoms with Crippen LogP contribution in [0.25, 0.3) is 0 Å². The van der Waals surface area contributed by atoms with E-state index >= 15 is 0 Å². The molecule has 8 nitrogen and oxygen atoms in total. The van der Waals surface area contributed by atoms with Gasteiger partial charge in [0.1, 0.15) is 0 Å². The predicted molar refractivity (Wildman–Crippen MR) is 74.3 cm³/mol. The van der Waals surface area contributed by atoms with Gasteiger partial charge in [0.25, 0.3) is 0 Å². The fraction of sp³-hybridized carbons (Fsp3) is 0.538. The van der Waals surface area contributed by atoms with Crippen molar-refractivity contribution in [1.82, 2.24) is 9.47 Å². The molecule has 0 bridgehead atoms. The Morgan fingerprint density at radius 1 is 1.43 bits per heavy atom. The van der Waals surface area contributed by atoms with Crippen LogP contribution < -0.4 is 5.43 Å². The van der Waals surface area contributed by atoms with Crippen molar-refractivity contribution in [2.45, 2.75) is 19.5 Å². The smallest absolute Gasteiger partial charge is 0.329 e. The molecule has 0 spiro atoms. The number of aromatic nitrogens is 1. The summed E-state index contributed by atoms with van der Waals surface area (Å²) < 4.78 is 1.23. The second-order valence-electron chi connectivity index (χ2n) is 4.81. The molecule has 0 amide bonds. The summed E-state index contributed by atoms with van der Waals surface area (Å²) in [5.74, 6) is -1.82. The first kappa shape index (κ1) is 17.2. The van der Waals surface area contributed by atoms with Crippen LogP contribution in [0.4, 0.5) is 0 Å².